The van der Waals surface area contributed by atoms with E-state index in [0.717, 1.165) is 25.9 Å². The van der Waals surface area contributed by atoms with E-state index in [1.165, 1.54) is 38.5 Å². The largest absolute Gasteiger partial charge is 0.343 e. The van der Waals surface area contributed by atoms with Crippen molar-refractivity contribution in [1.29, 1.82) is 0 Å². The van der Waals surface area contributed by atoms with Gasteiger partial charge in [-0.3, -0.25) is 4.79 Å². The van der Waals surface area contributed by atoms with Crippen molar-refractivity contribution in [2.24, 2.45) is 5.41 Å². The molecule has 3 heteroatoms. The molecule has 1 saturated heterocycles. The molecule has 2 rings (SSSR count). The summed E-state index contributed by atoms with van der Waals surface area (Å²) in [6, 6.07) is 0. The van der Waals surface area contributed by atoms with Crippen LogP contribution in [0.4, 0.5) is 0 Å². The van der Waals surface area contributed by atoms with Gasteiger partial charge in [0.15, 0.2) is 0 Å². The van der Waals surface area contributed by atoms with Gasteiger partial charge in [-0.15, -0.1) is 11.6 Å². The molecule has 1 saturated carbocycles. The third-order valence-electron chi connectivity index (χ3n) is 4.62. The maximum absolute atomic E-state index is 12.0. The van der Waals surface area contributed by atoms with E-state index in [2.05, 4.69) is 4.90 Å². The van der Waals surface area contributed by atoms with E-state index in [-0.39, 0.29) is 0 Å². The van der Waals surface area contributed by atoms with Crippen LogP contribution in [0.15, 0.2) is 0 Å². The highest BCUT2D eigenvalue weighted by Crippen LogP contribution is 2.46. The number of carbonyl (C=O) groups excluding carboxylic acids is 1. The lowest BCUT2D eigenvalue weighted by Gasteiger charge is -2.39. The molecular formula is C14H24ClNO. The van der Waals surface area contributed by atoms with Crippen LogP contribution in [0.3, 0.4) is 0 Å². The molecule has 98 valence electrons. The molecule has 0 N–H and O–H groups in total. The average molecular weight is 258 g/mol. The number of hydrogen-bond donors (Lipinski definition) is 0. The fourth-order valence-electron chi connectivity index (χ4n) is 3.38. The summed E-state index contributed by atoms with van der Waals surface area (Å²) in [7, 11) is 0. The maximum Gasteiger partial charge on any atom is 0.222 e. The van der Waals surface area contributed by atoms with Crippen LogP contribution < -0.4 is 0 Å². The summed E-state index contributed by atoms with van der Waals surface area (Å²) in [5.74, 6) is 1.03. The maximum atomic E-state index is 12.0. The van der Waals surface area contributed by atoms with Crippen molar-refractivity contribution >= 4 is 17.5 Å². The fourth-order valence-corrected chi connectivity index (χ4v) is 3.57. The standard InChI is InChI=1S/C14H24ClNO/c15-10-4-1-5-13(17)16-11-8-14(9-12-16)6-2-3-7-14/h1-12H2. The van der Waals surface area contributed by atoms with E-state index in [9.17, 15) is 4.79 Å². The van der Waals surface area contributed by atoms with Gasteiger partial charge in [-0.2, -0.15) is 0 Å². The van der Waals surface area contributed by atoms with Gasteiger partial charge in [0.25, 0.3) is 0 Å². The summed E-state index contributed by atoms with van der Waals surface area (Å²) in [5.41, 5.74) is 0.618. The van der Waals surface area contributed by atoms with Crippen LogP contribution >= 0.6 is 11.6 Å². The molecule has 2 fully saturated rings. The second kappa shape index (κ2) is 6.08. The molecule has 2 nitrogen and oxygen atoms in total. The Balaban J connectivity index is 1.72. The number of alkyl halides is 1. The Morgan fingerprint density at radius 1 is 1.06 bits per heavy atom. The zero-order valence-corrected chi connectivity index (χ0v) is 11.5. The first-order valence-corrected chi connectivity index (χ1v) is 7.63. The Bertz CT molecular complexity index is 251. The SMILES string of the molecule is O=C(CCCCCl)N1CCC2(CCCC2)CC1. The Morgan fingerprint density at radius 3 is 2.29 bits per heavy atom. The van der Waals surface area contributed by atoms with Crippen molar-refractivity contribution in [3.05, 3.63) is 0 Å². The number of amides is 1. The van der Waals surface area contributed by atoms with Crippen LogP contribution in [0.25, 0.3) is 0 Å². The molecule has 1 aliphatic heterocycles. The van der Waals surface area contributed by atoms with Crippen LogP contribution in [0.1, 0.15) is 57.8 Å². The molecule has 0 unspecified atom stereocenters. The van der Waals surface area contributed by atoms with Crippen molar-refractivity contribution in [2.45, 2.75) is 57.8 Å². The fraction of sp³-hybridized carbons (Fsp3) is 0.929. The van der Waals surface area contributed by atoms with Gasteiger partial charge in [0.2, 0.25) is 5.91 Å². The molecule has 1 spiro atoms. The van der Waals surface area contributed by atoms with Gasteiger partial charge in [-0.1, -0.05) is 12.8 Å². The topological polar surface area (TPSA) is 20.3 Å². The minimum atomic E-state index is 0.350. The molecule has 1 amide bonds. The molecular weight excluding hydrogens is 234 g/mol. The van der Waals surface area contributed by atoms with Crippen LogP contribution in [-0.4, -0.2) is 29.8 Å². The van der Waals surface area contributed by atoms with Gasteiger partial charge in [0.05, 0.1) is 0 Å². The second-order valence-corrected chi connectivity index (χ2v) is 6.11. The van der Waals surface area contributed by atoms with E-state index >= 15 is 0 Å². The molecule has 0 radical (unpaired) electrons. The number of unbranched alkanes of at least 4 members (excludes halogenated alkanes) is 1. The van der Waals surface area contributed by atoms with E-state index in [1.807, 2.05) is 0 Å². The van der Waals surface area contributed by atoms with E-state index in [1.54, 1.807) is 0 Å². The third-order valence-corrected chi connectivity index (χ3v) is 4.88. The first-order chi connectivity index (χ1) is 8.26. The van der Waals surface area contributed by atoms with Crippen molar-refractivity contribution in [2.75, 3.05) is 19.0 Å². The molecule has 2 aliphatic rings. The van der Waals surface area contributed by atoms with Gasteiger partial charge in [0, 0.05) is 25.4 Å². The van der Waals surface area contributed by atoms with E-state index < -0.39 is 0 Å². The lowest BCUT2D eigenvalue weighted by molar-refractivity contribution is -0.133. The minimum absolute atomic E-state index is 0.350. The second-order valence-electron chi connectivity index (χ2n) is 5.73. The number of carbonyl (C=O) groups is 1. The number of hydrogen-bond acceptors (Lipinski definition) is 1. The quantitative estimate of drug-likeness (QED) is 0.557. The molecule has 1 heterocycles. The zero-order chi connectivity index (χ0) is 12.1. The number of nitrogens with zero attached hydrogens (tertiary/aromatic N) is 1. The smallest absolute Gasteiger partial charge is 0.222 e. The van der Waals surface area contributed by atoms with Crippen molar-refractivity contribution in [1.82, 2.24) is 4.90 Å². The molecule has 0 aromatic heterocycles. The molecule has 1 aliphatic carbocycles. The summed E-state index contributed by atoms with van der Waals surface area (Å²) >= 11 is 5.63. The van der Waals surface area contributed by atoms with Crippen molar-refractivity contribution in [3.8, 4) is 0 Å². The van der Waals surface area contributed by atoms with Gasteiger partial charge in [0.1, 0.15) is 0 Å². The zero-order valence-electron chi connectivity index (χ0n) is 10.7. The monoisotopic (exact) mass is 257 g/mol. The van der Waals surface area contributed by atoms with Crippen LogP contribution in [-0.2, 0) is 4.79 Å². The summed E-state index contributed by atoms with van der Waals surface area (Å²) in [4.78, 5) is 14.0. The normalized spacial score (nSPS) is 23.2. The molecule has 0 aromatic rings. The Hall–Kier alpha value is -0.240. The Labute approximate surface area is 110 Å². The summed E-state index contributed by atoms with van der Waals surface area (Å²) < 4.78 is 0. The molecule has 0 aromatic carbocycles. The lowest BCUT2D eigenvalue weighted by Crippen LogP contribution is -2.42. The highest BCUT2D eigenvalue weighted by Gasteiger charge is 2.37. The molecule has 0 bridgehead atoms. The summed E-state index contributed by atoms with van der Waals surface area (Å²) in [6.45, 7) is 2.00. The summed E-state index contributed by atoms with van der Waals surface area (Å²) in [6.07, 6.45) is 10.7. The first-order valence-electron chi connectivity index (χ1n) is 7.10. The first kappa shape index (κ1) is 13.2. The lowest BCUT2D eigenvalue weighted by atomic mass is 9.77. The summed E-state index contributed by atoms with van der Waals surface area (Å²) in [5, 5.41) is 0. The number of rotatable bonds is 4. The van der Waals surface area contributed by atoms with Crippen LogP contribution in [0.2, 0.25) is 0 Å². The average Bonchev–Trinajstić information content (AvgIpc) is 2.79. The van der Waals surface area contributed by atoms with Crippen molar-refractivity contribution < 1.29 is 4.79 Å². The Morgan fingerprint density at radius 2 is 1.71 bits per heavy atom. The van der Waals surface area contributed by atoms with Gasteiger partial charge in [-0.25, -0.2) is 0 Å². The van der Waals surface area contributed by atoms with Gasteiger partial charge < -0.3 is 4.90 Å². The number of halogens is 1. The van der Waals surface area contributed by atoms with E-state index in [0.29, 0.717) is 23.6 Å². The Kier molecular flexibility index (Phi) is 4.72. The highest BCUT2D eigenvalue weighted by molar-refractivity contribution is 6.17. The number of likely N-dealkylation sites (tertiary alicyclic amines) is 1. The predicted octanol–water partition coefficient (Wildman–Crippen LogP) is 3.58. The highest BCUT2D eigenvalue weighted by atomic mass is 35.5. The number of piperidine rings is 1. The van der Waals surface area contributed by atoms with Gasteiger partial charge in [-0.05, 0) is 43.9 Å². The molecule has 17 heavy (non-hydrogen) atoms. The predicted molar refractivity (Wildman–Crippen MR) is 71.3 cm³/mol. The molecule has 0 atom stereocenters. The van der Waals surface area contributed by atoms with Crippen molar-refractivity contribution in [3.63, 3.8) is 0 Å². The third kappa shape index (κ3) is 3.37. The minimum Gasteiger partial charge on any atom is -0.343 e. The van der Waals surface area contributed by atoms with E-state index in [4.69, 9.17) is 11.6 Å². The van der Waals surface area contributed by atoms with Crippen LogP contribution in [0.5, 0.6) is 0 Å². The van der Waals surface area contributed by atoms with Crippen LogP contribution in [0, 0.1) is 5.41 Å². The van der Waals surface area contributed by atoms with Gasteiger partial charge >= 0.3 is 0 Å².